The first-order valence-corrected chi connectivity index (χ1v) is 3.20. The molecular weight excluding hydrogens is 110 g/mol. The van der Waals surface area contributed by atoms with Gasteiger partial charge < -0.3 is 5.73 Å². The number of rotatable bonds is 2. The lowest BCUT2D eigenvalue weighted by Gasteiger charge is -2.07. The summed E-state index contributed by atoms with van der Waals surface area (Å²) in [6.07, 6.45) is 1.88. The molecular formula is C8H15N. The molecule has 2 N–H and O–H groups in total. The van der Waals surface area contributed by atoms with Crippen LogP contribution in [0, 0.1) is 5.92 Å². The lowest BCUT2D eigenvalue weighted by atomic mass is 10.0. The fraction of sp³-hybridized carbons (Fsp3) is 0.500. The van der Waals surface area contributed by atoms with E-state index in [1.165, 1.54) is 0 Å². The van der Waals surface area contributed by atoms with Crippen LogP contribution in [0.25, 0.3) is 0 Å². The fourth-order valence-corrected chi connectivity index (χ4v) is 0.519. The smallest absolute Gasteiger partial charge is 0.0299 e. The first kappa shape index (κ1) is 8.28. The lowest BCUT2D eigenvalue weighted by Crippen LogP contribution is -2.04. The summed E-state index contributed by atoms with van der Waals surface area (Å²) >= 11 is 0. The van der Waals surface area contributed by atoms with Crippen LogP contribution in [0.2, 0.25) is 0 Å². The van der Waals surface area contributed by atoms with E-state index < -0.39 is 0 Å². The number of allylic oxidation sites excluding steroid dienone is 2. The first-order valence-electron chi connectivity index (χ1n) is 3.20. The third-order valence-corrected chi connectivity index (χ3v) is 1.38. The van der Waals surface area contributed by atoms with E-state index in [4.69, 9.17) is 5.73 Å². The van der Waals surface area contributed by atoms with Crippen molar-refractivity contribution in [1.29, 1.82) is 0 Å². The molecule has 0 aromatic heterocycles. The monoisotopic (exact) mass is 125 g/mol. The van der Waals surface area contributed by atoms with E-state index in [9.17, 15) is 0 Å². The van der Waals surface area contributed by atoms with Crippen LogP contribution in [-0.4, -0.2) is 0 Å². The average Bonchev–Trinajstić information content (AvgIpc) is 1.84. The van der Waals surface area contributed by atoms with Crippen molar-refractivity contribution in [3.63, 3.8) is 0 Å². The van der Waals surface area contributed by atoms with E-state index in [1.54, 1.807) is 0 Å². The molecule has 0 spiro atoms. The van der Waals surface area contributed by atoms with Crippen molar-refractivity contribution in [2.45, 2.75) is 20.8 Å². The maximum Gasteiger partial charge on any atom is 0.0299 e. The van der Waals surface area contributed by atoms with E-state index >= 15 is 0 Å². The maximum absolute atomic E-state index is 5.58. The van der Waals surface area contributed by atoms with Gasteiger partial charge in [-0.25, -0.2) is 0 Å². The zero-order chi connectivity index (χ0) is 7.44. The molecule has 0 radical (unpaired) electrons. The molecule has 0 amide bonds. The molecule has 0 aliphatic carbocycles. The van der Waals surface area contributed by atoms with Gasteiger partial charge in [0.15, 0.2) is 0 Å². The van der Waals surface area contributed by atoms with Gasteiger partial charge in [-0.05, 0) is 18.4 Å². The van der Waals surface area contributed by atoms with Crippen molar-refractivity contribution in [1.82, 2.24) is 0 Å². The second kappa shape index (κ2) is 3.33. The Balaban J connectivity index is 4.06. The Bertz CT molecular complexity index is 132. The highest BCUT2D eigenvalue weighted by molar-refractivity contribution is 5.25. The van der Waals surface area contributed by atoms with Crippen LogP contribution in [0.5, 0.6) is 0 Å². The zero-order valence-corrected chi connectivity index (χ0v) is 6.44. The molecule has 0 rings (SSSR count). The third kappa shape index (κ3) is 2.36. The third-order valence-electron chi connectivity index (χ3n) is 1.38. The minimum absolute atomic E-state index is 0.459. The van der Waals surface area contributed by atoms with Gasteiger partial charge in [-0.15, -0.1) is 0 Å². The summed E-state index contributed by atoms with van der Waals surface area (Å²) in [6.45, 7) is 9.92. The fourth-order valence-electron chi connectivity index (χ4n) is 0.519. The first-order chi connectivity index (χ1) is 4.09. The average molecular weight is 125 g/mol. The van der Waals surface area contributed by atoms with Crippen molar-refractivity contribution < 1.29 is 0 Å². The van der Waals surface area contributed by atoms with Crippen LogP contribution < -0.4 is 5.73 Å². The Morgan fingerprint density at radius 1 is 1.56 bits per heavy atom. The number of nitrogens with two attached hydrogens (primary N) is 1. The van der Waals surface area contributed by atoms with Crippen molar-refractivity contribution in [2.24, 2.45) is 11.7 Å². The molecule has 0 aliphatic rings. The topological polar surface area (TPSA) is 26.0 Å². The van der Waals surface area contributed by atoms with Crippen molar-refractivity contribution >= 4 is 0 Å². The van der Waals surface area contributed by atoms with E-state index in [-0.39, 0.29) is 0 Å². The molecule has 1 heteroatoms. The molecule has 0 saturated carbocycles. The van der Waals surface area contributed by atoms with Gasteiger partial charge in [0.05, 0.1) is 0 Å². The Morgan fingerprint density at radius 2 is 2.00 bits per heavy atom. The molecule has 0 aliphatic heterocycles. The molecule has 0 saturated heterocycles. The standard InChI is InChI=1S/C8H15N/c1-5-8(9)7(4)6(2)3/h5-6H,4,9H2,1-3H3/b8-5+. The second-order valence-electron chi connectivity index (χ2n) is 2.42. The SMILES string of the molecule is C=C(/C(N)=C\C)C(C)C. The molecule has 0 aromatic rings. The molecule has 52 valence electrons. The van der Waals surface area contributed by atoms with E-state index in [2.05, 4.69) is 20.4 Å². The van der Waals surface area contributed by atoms with Crippen molar-refractivity contribution in [3.05, 3.63) is 23.9 Å². The molecule has 0 fully saturated rings. The van der Waals surface area contributed by atoms with Gasteiger partial charge in [0.2, 0.25) is 0 Å². The molecule has 0 atom stereocenters. The minimum atomic E-state index is 0.459. The number of hydrogen-bond acceptors (Lipinski definition) is 1. The molecule has 1 nitrogen and oxygen atoms in total. The Kier molecular flexibility index (Phi) is 3.07. The zero-order valence-electron chi connectivity index (χ0n) is 6.44. The molecule has 0 bridgehead atoms. The van der Waals surface area contributed by atoms with E-state index in [0.29, 0.717) is 5.92 Å². The maximum atomic E-state index is 5.58. The largest absolute Gasteiger partial charge is 0.399 e. The normalized spacial score (nSPS) is 12.2. The van der Waals surface area contributed by atoms with Gasteiger partial charge >= 0.3 is 0 Å². The highest BCUT2D eigenvalue weighted by Crippen LogP contribution is 2.11. The van der Waals surface area contributed by atoms with E-state index in [0.717, 1.165) is 11.3 Å². The highest BCUT2D eigenvalue weighted by atomic mass is 14.6. The highest BCUT2D eigenvalue weighted by Gasteiger charge is 2.00. The Hall–Kier alpha value is -0.720. The van der Waals surface area contributed by atoms with Crippen LogP contribution in [0.15, 0.2) is 23.9 Å². The van der Waals surface area contributed by atoms with E-state index in [1.807, 2.05) is 13.0 Å². The minimum Gasteiger partial charge on any atom is -0.399 e. The number of hydrogen-bond donors (Lipinski definition) is 1. The van der Waals surface area contributed by atoms with Gasteiger partial charge in [-0.3, -0.25) is 0 Å². The lowest BCUT2D eigenvalue weighted by molar-refractivity contribution is 0.778. The van der Waals surface area contributed by atoms with Crippen molar-refractivity contribution in [2.75, 3.05) is 0 Å². The van der Waals surface area contributed by atoms with Crippen molar-refractivity contribution in [3.8, 4) is 0 Å². The summed E-state index contributed by atoms with van der Waals surface area (Å²) in [6, 6.07) is 0. The van der Waals surface area contributed by atoms with Gasteiger partial charge in [0.1, 0.15) is 0 Å². The summed E-state index contributed by atoms with van der Waals surface area (Å²) in [5, 5.41) is 0. The second-order valence-corrected chi connectivity index (χ2v) is 2.42. The van der Waals surface area contributed by atoms with Gasteiger partial charge in [0, 0.05) is 5.70 Å². The quantitative estimate of drug-likeness (QED) is 0.562. The van der Waals surface area contributed by atoms with Crippen LogP contribution in [0.1, 0.15) is 20.8 Å². The summed E-state index contributed by atoms with van der Waals surface area (Å²) in [5.41, 5.74) is 7.41. The van der Waals surface area contributed by atoms with Gasteiger partial charge in [-0.1, -0.05) is 26.5 Å². The van der Waals surface area contributed by atoms with Crippen LogP contribution in [0.4, 0.5) is 0 Å². The Labute approximate surface area is 57.3 Å². The predicted octanol–water partition coefficient (Wildman–Crippen LogP) is 2.06. The van der Waals surface area contributed by atoms with Crippen LogP contribution in [-0.2, 0) is 0 Å². The van der Waals surface area contributed by atoms with Crippen LogP contribution >= 0.6 is 0 Å². The molecule has 0 aromatic carbocycles. The van der Waals surface area contributed by atoms with Gasteiger partial charge in [0.25, 0.3) is 0 Å². The summed E-state index contributed by atoms with van der Waals surface area (Å²) in [4.78, 5) is 0. The molecule has 0 heterocycles. The van der Waals surface area contributed by atoms with Crippen LogP contribution in [0.3, 0.4) is 0 Å². The summed E-state index contributed by atoms with van der Waals surface area (Å²) in [7, 11) is 0. The molecule has 0 unspecified atom stereocenters. The molecule has 9 heavy (non-hydrogen) atoms. The predicted molar refractivity (Wildman–Crippen MR) is 41.9 cm³/mol. The van der Waals surface area contributed by atoms with Gasteiger partial charge in [-0.2, -0.15) is 0 Å². The Morgan fingerprint density at radius 3 is 2.11 bits per heavy atom. The summed E-state index contributed by atoms with van der Waals surface area (Å²) < 4.78 is 0. The summed E-state index contributed by atoms with van der Waals surface area (Å²) in [5.74, 6) is 0.459.